The Labute approximate surface area is 270 Å². The van der Waals surface area contributed by atoms with Gasteiger partial charge in [0.25, 0.3) is 11.8 Å². The number of amides is 4. The van der Waals surface area contributed by atoms with Gasteiger partial charge >= 0.3 is 0 Å². The van der Waals surface area contributed by atoms with Crippen LogP contribution in [-0.4, -0.2) is 54.6 Å². The number of allylic oxidation sites excluding steroid dienone is 2. The van der Waals surface area contributed by atoms with E-state index in [0.29, 0.717) is 27.8 Å². The zero-order chi connectivity index (χ0) is 31.3. The average molecular weight is 696 g/mol. The zero-order valence-corrected chi connectivity index (χ0v) is 26.4. The van der Waals surface area contributed by atoms with E-state index in [1.54, 1.807) is 42.5 Å². The molecule has 3 aromatic rings. The van der Waals surface area contributed by atoms with Gasteiger partial charge in [-0.25, -0.2) is 0 Å². The molecule has 8 nitrogen and oxygen atoms in total. The van der Waals surface area contributed by atoms with E-state index in [-0.39, 0.29) is 29.8 Å². The van der Waals surface area contributed by atoms with E-state index in [4.69, 9.17) is 23.2 Å². The topological polar surface area (TPSA) is 112 Å². The number of nitrogens with zero attached hydrogens (tertiary/aromatic N) is 2. The molecule has 2 heterocycles. The number of likely N-dealkylation sites (tertiary alicyclic amines) is 1. The molecule has 4 aliphatic rings. The molecule has 2 aliphatic heterocycles. The molecule has 0 spiro atoms. The lowest BCUT2D eigenvalue weighted by Crippen LogP contribution is -2.60. The number of fused-ring (bicyclic) bond motifs is 5. The van der Waals surface area contributed by atoms with Crippen molar-refractivity contribution >= 4 is 85.0 Å². The SMILES string of the molecule is CC(=O)c1ccc(N2C(=O)C3CC=C4C(CC5(Cl)C(=O)N(CBr)C(=O)C5(Cl)C4c4c(O)ccc5ccccc45)C3C2=O)cc1. The minimum Gasteiger partial charge on any atom is -0.508 e. The number of hydrogen-bond acceptors (Lipinski definition) is 6. The second-order valence-corrected chi connectivity index (χ2v) is 13.6. The van der Waals surface area contributed by atoms with Crippen molar-refractivity contribution in [2.24, 2.45) is 17.8 Å². The summed E-state index contributed by atoms with van der Waals surface area (Å²) in [7, 11) is 0. The Bertz CT molecular complexity index is 1860. The third kappa shape index (κ3) is 3.66. The number of rotatable bonds is 4. The van der Waals surface area contributed by atoms with Crippen LogP contribution in [0, 0.1) is 17.8 Å². The van der Waals surface area contributed by atoms with Crippen molar-refractivity contribution in [1.29, 1.82) is 0 Å². The fraction of sp³-hybridized carbons (Fsp3) is 0.303. The quantitative estimate of drug-likeness (QED) is 0.124. The molecular formula is C33H25BrCl2N2O6. The average Bonchev–Trinajstić information content (AvgIpc) is 3.35. The van der Waals surface area contributed by atoms with Gasteiger partial charge in [-0.2, -0.15) is 0 Å². The maximum absolute atomic E-state index is 14.2. The lowest BCUT2D eigenvalue weighted by molar-refractivity contribution is -0.138. The van der Waals surface area contributed by atoms with Crippen LogP contribution in [0.4, 0.5) is 5.69 Å². The summed E-state index contributed by atoms with van der Waals surface area (Å²) in [6, 6.07) is 16.8. The summed E-state index contributed by atoms with van der Waals surface area (Å²) in [6.07, 6.45) is 1.87. The number of aromatic hydroxyl groups is 1. The first kappa shape index (κ1) is 29.2. The fourth-order valence-corrected chi connectivity index (χ4v) is 9.17. The Morgan fingerprint density at radius 3 is 2.34 bits per heavy atom. The molecule has 224 valence electrons. The van der Waals surface area contributed by atoms with Gasteiger partial charge in [-0.1, -0.05) is 57.9 Å². The maximum Gasteiger partial charge on any atom is 0.254 e. The molecule has 4 amide bonds. The van der Waals surface area contributed by atoms with E-state index in [9.17, 15) is 29.1 Å². The maximum atomic E-state index is 14.2. The van der Waals surface area contributed by atoms with Gasteiger partial charge in [0.05, 0.1) is 23.0 Å². The molecule has 3 fully saturated rings. The van der Waals surface area contributed by atoms with Crippen molar-refractivity contribution in [2.45, 2.75) is 35.4 Å². The van der Waals surface area contributed by atoms with E-state index in [1.807, 2.05) is 18.2 Å². The number of benzene rings is 3. The molecular weight excluding hydrogens is 671 g/mol. The van der Waals surface area contributed by atoms with Gasteiger partial charge in [-0.15, -0.1) is 23.2 Å². The summed E-state index contributed by atoms with van der Waals surface area (Å²) in [5.41, 5.74) is 1.58. The molecule has 6 atom stereocenters. The van der Waals surface area contributed by atoms with Crippen molar-refractivity contribution < 1.29 is 29.1 Å². The highest BCUT2D eigenvalue weighted by molar-refractivity contribution is 9.09. The summed E-state index contributed by atoms with van der Waals surface area (Å²) in [4.78, 5) is 65.9. The Hall–Kier alpha value is -3.53. The highest BCUT2D eigenvalue weighted by atomic mass is 79.9. The van der Waals surface area contributed by atoms with Crippen LogP contribution in [0.5, 0.6) is 5.75 Å². The van der Waals surface area contributed by atoms with E-state index in [2.05, 4.69) is 15.9 Å². The van der Waals surface area contributed by atoms with Crippen LogP contribution in [0.1, 0.15) is 41.6 Å². The van der Waals surface area contributed by atoms with Crippen LogP contribution in [0.15, 0.2) is 72.3 Å². The number of carbonyl (C=O) groups excluding carboxylic acids is 5. The second kappa shape index (κ2) is 9.99. The van der Waals surface area contributed by atoms with E-state index in [1.165, 1.54) is 13.0 Å². The first-order chi connectivity index (χ1) is 21.0. The van der Waals surface area contributed by atoms with Gasteiger partial charge in [-0.3, -0.25) is 33.8 Å². The third-order valence-electron chi connectivity index (χ3n) is 9.78. The first-order valence-corrected chi connectivity index (χ1v) is 16.0. The Kier molecular flexibility index (Phi) is 6.63. The number of hydrogen-bond donors (Lipinski definition) is 1. The summed E-state index contributed by atoms with van der Waals surface area (Å²) >= 11 is 17.9. The van der Waals surface area contributed by atoms with Gasteiger partial charge in [0, 0.05) is 17.0 Å². The largest absolute Gasteiger partial charge is 0.508 e. The van der Waals surface area contributed by atoms with Crippen molar-refractivity contribution in [3.63, 3.8) is 0 Å². The van der Waals surface area contributed by atoms with Crippen LogP contribution in [0.3, 0.4) is 0 Å². The highest BCUT2D eigenvalue weighted by Gasteiger charge is 2.76. The number of ketones is 1. The number of carbonyl (C=O) groups is 5. The third-order valence-corrected chi connectivity index (χ3v) is 11.7. The predicted molar refractivity (Wildman–Crippen MR) is 168 cm³/mol. The molecule has 2 saturated heterocycles. The lowest BCUT2D eigenvalue weighted by atomic mass is 9.56. The summed E-state index contributed by atoms with van der Waals surface area (Å²) in [6.45, 7) is 1.43. The first-order valence-electron chi connectivity index (χ1n) is 14.1. The van der Waals surface area contributed by atoms with Crippen molar-refractivity contribution in [2.75, 3.05) is 10.4 Å². The number of phenolic OH excluding ortho intramolecular Hbond substituents is 1. The second-order valence-electron chi connectivity index (χ2n) is 11.8. The van der Waals surface area contributed by atoms with E-state index in [0.717, 1.165) is 15.2 Å². The number of halogens is 3. The molecule has 11 heteroatoms. The number of imide groups is 2. The Morgan fingerprint density at radius 1 is 0.955 bits per heavy atom. The van der Waals surface area contributed by atoms with Gasteiger partial charge in [0.1, 0.15) is 5.75 Å². The number of Topliss-reactive ketones (excluding diaryl/α,β-unsaturated/α-hetero) is 1. The summed E-state index contributed by atoms with van der Waals surface area (Å²) in [5, 5.41) is 12.8. The van der Waals surface area contributed by atoms with Crippen LogP contribution in [0.2, 0.25) is 0 Å². The van der Waals surface area contributed by atoms with Crippen LogP contribution in [-0.2, 0) is 19.2 Å². The van der Waals surface area contributed by atoms with Crippen molar-refractivity contribution in [3.05, 3.63) is 83.4 Å². The molecule has 1 N–H and O–H groups in total. The number of anilines is 1. The van der Waals surface area contributed by atoms with Gasteiger partial charge in [0.2, 0.25) is 11.8 Å². The zero-order valence-electron chi connectivity index (χ0n) is 23.3. The fourth-order valence-electron chi connectivity index (χ4n) is 7.76. The molecule has 1 saturated carbocycles. The Balaban J connectivity index is 1.42. The Morgan fingerprint density at radius 2 is 1.66 bits per heavy atom. The van der Waals surface area contributed by atoms with E-state index >= 15 is 0 Å². The molecule has 2 aliphatic carbocycles. The molecule has 0 bridgehead atoms. The predicted octanol–water partition coefficient (Wildman–Crippen LogP) is 5.66. The monoisotopic (exact) mass is 694 g/mol. The summed E-state index contributed by atoms with van der Waals surface area (Å²) in [5.74, 6) is -5.94. The van der Waals surface area contributed by atoms with Gasteiger partial charge < -0.3 is 5.11 Å². The van der Waals surface area contributed by atoms with Crippen LogP contribution in [0.25, 0.3) is 10.8 Å². The minimum atomic E-state index is -2.02. The minimum absolute atomic E-state index is 0.130. The van der Waals surface area contributed by atoms with Gasteiger partial charge in [-0.05, 0) is 66.8 Å². The standard InChI is InChI=1S/C33H25BrCl2N2O6/c1-16(39)17-6-9-19(10-7-17)38-28(41)22-12-11-21-23(25(22)29(38)42)14-32(35)30(43)37(15-34)31(44)33(32,36)27(21)26-20-5-3-2-4-18(20)8-13-24(26)40/h2-11,13,22-23,25,27,40H,12,14-15H2,1H3. The number of phenols is 1. The molecule has 44 heavy (non-hydrogen) atoms. The molecule has 7 rings (SSSR count). The molecule has 0 radical (unpaired) electrons. The number of alkyl halides is 3. The normalized spacial score (nSPS) is 31.2. The van der Waals surface area contributed by atoms with Gasteiger partial charge in [0.15, 0.2) is 15.5 Å². The van der Waals surface area contributed by atoms with E-state index < -0.39 is 57.0 Å². The smallest absolute Gasteiger partial charge is 0.254 e. The van der Waals surface area contributed by atoms with Crippen molar-refractivity contribution in [1.82, 2.24) is 4.90 Å². The lowest BCUT2D eigenvalue weighted by Gasteiger charge is -2.51. The molecule has 0 aromatic heterocycles. The van der Waals surface area contributed by atoms with Crippen LogP contribution >= 0.6 is 39.1 Å². The molecule has 3 aromatic carbocycles. The van der Waals surface area contributed by atoms with Crippen LogP contribution < -0.4 is 4.90 Å². The highest BCUT2D eigenvalue weighted by Crippen LogP contribution is 2.66. The summed E-state index contributed by atoms with van der Waals surface area (Å²) < 4.78 is 0. The van der Waals surface area contributed by atoms with Crippen molar-refractivity contribution in [3.8, 4) is 5.75 Å². The molecule has 6 unspecified atom stereocenters.